The first-order chi connectivity index (χ1) is 11.2. The molecule has 2 aromatic rings. The van der Waals surface area contributed by atoms with Crippen molar-refractivity contribution in [3.63, 3.8) is 0 Å². The van der Waals surface area contributed by atoms with Crippen molar-refractivity contribution in [3.05, 3.63) is 63.1 Å². The zero-order valence-corrected chi connectivity index (χ0v) is 15.3. The molecule has 0 aromatic heterocycles. The van der Waals surface area contributed by atoms with Gasteiger partial charge in [0.15, 0.2) is 0 Å². The highest BCUT2D eigenvalue weighted by atomic mass is 35.5. The second-order valence-electron chi connectivity index (χ2n) is 5.03. The van der Waals surface area contributed by atoms with Crippen LogP contribution in [0.15, 0.2) is 41.3 Å². The van der Waals surface area contributed by atoms with Crippen LogP contribution >= 0.6 is 23.2 Å². The lowest BCUT2D eigenvalue weighted by molar-refractivity contribution is 0.0600. The van der Waals surface area contributed by atoms with E-state index in [9.17, 15) is 13.2 Å². The zero-order chi connectivity index (χ0) is 17.9. The minimum absolute atomic E-state index is 0.000226. The summed E-state index contributed by atoms with van der Waals surface area (Å²) in [5.41, 5.74) is 1.26. The van der Waals surface area contributed by atoms with Gasteiger partial charge in [0.1, 0.15) is 0 Å². The van der Waals surface area contributed by atoms with Crippen molar-refractivity contribution in [2.75, 3.05) is 7.11 Å². The number of carbonyl (C=O) groups excluding carboxylic acids is 1. The van der Waals surface area contributed by atoms with E-state index in [1.165, 1.54) is 25.3 Å². The Morgan fingerprint density at radius 1 is 1.17 bits per heavy atom. The van der Waals surface area contributed by atoms with E-state index in [1.807, 2.05) is 0 Å². The molecule has 0 saturated carbocycles. The number of carbonyl (C=O) groups is 1. The molecule has 2 rings (SSSR count). The van der Waals surface area contributed by atoms with Crippen molar-refractivity contribution in [1.29, 1.82) is 0 Å². The number of rotatable bonds is 5. The first-order valence-corrected chi connectivity index (χ1v) is 9.11. The Labute approximate surface area is 150 Å². The molecule has 5 nitrogen and oxygen atoms in total. The number of sulfonamides is 1. The molecule has 128 valence electrons. The Morgan fingerprint density at radius 2 is 1.88 bits per heavy atom. The summed E-state index contributed by atoms with van der Waals surface area (Å²) in [4.78, 5) is 11.6. The summed E-state index contributed by atoms with van der Waals surface area (Å²) in [5, 5.41) is 0.832. The van der Waals surface area contributed by atoms with Gasteiger partial charge < -0.3 is 4.74 Å². The van der Waals surface area contributed by atoms with Crippen LogP contribution in [0.25, 0.3) is 0 Å². The highest BCUT2D eigenvalue weighted by Crippen LogP contribution is 2.22. The van der Waals surface area contributed by atoms with E-state index in [0.717, 1.165) is 0 Å². The maximum atomic E-state index is 12.5. The number of benzene rings is 2. The fourth-order valence-corrected chi connectivity index (χ4v) is 3.80. The number of nitrogens with one attached hydrogen (secondary N) is 1. The summed E-state index contributed by atoms with van der Waals surface area (Å²) < 4.78 is 32.2. The van der Waals surface area contributed by atoms with E-state index in [4.69, 9.17) is 23.2 Å². The second-order valence-corrected chi connectivity index (χ2v) is 7.61. The third kappa shape index (κ3) is 4.27. The average Bonchev–Trinajstić information content (AvgIpc) is 2.53. The van der Waals surface area contributed by atoms with Gasteiger partial charge >= 0.3 is 5.97 Å². The van der Waals surface area contributed by atoms with E-state index < -0.39 is 16.0 Å². The van der Waals surface area contributed by atoms with Gasteiger partial charge in [0.25, 0.3) is 0 Å². The van der Waals surface area contributed by atoms with Crippen LogP contribution in [0.2, 0.25) is 10.0 Å². The molecule has 0 saturated heterocycles. The van der Waals surface area contributed by atoms with Gasteiger partial charge in [0.2, 0.25) is 10.0 Å². The number of hydrogen-bond acceptors (Lipinski definition) is 4. The SMILES string of the molecule is COC(=O)c1ccc(C)c(S(=O)(=O)NCc2ccc(Cl)cc2Cl)c1. The third-order valence-electron chi connectivity index (χ3n) is 3.37. The van der Waals surface area contributed by atoms with Crippen LogP contribution in [0.4, 0.5) is 0 Å². The molecule has 0 amide bonds. The first kappa shape index (κ1) is 18.7. The molecular weight excluding hydrogens is 373 g/mol. The molecule has 0 aliphatic rings. The highest BCUT2D eigenvalue weighted by Gasteiger charge is 2.19. The maximum Gasteiger partial charge on any atom is 0.337 e. The Kier molecular flexibility index (Phi) is 5.87. The molecule has 0 spiro atoms. The van der Waals surface area contributed by atoms with Crippen LogP contribution in [0, 0.1) is 6.92 Å². The van der Waals surface area contributed by atoms with Gasteiger partial charge in [-0.25, -0.2) is 17.9 Å². The van der Waals surface area contributed by atoms with Crippen LogP contribution < -0.4 is 4.72 Å². The predicted octanol–water partition coefficient (Wildman–Crippen LogP) is 3.57. The molecule has 0 unspecified atom stereocenters. The van der Waals surface area contributed by atoms with Crippen molar-refractivity contribution in [1.82, 2.24) is 4.72 Å². The minimum Gasteiger partial charge on any atom is -0.465 e. The van der Waals surface area contributed by atoms with E-state index in [1.54, 1.807) is 25.1 Å². The lowest BCUT2D eigenvalue weighted by Crippen LogP contribution is -2.24. The molecule has 24 heavy (non-hydrogen) atoms. The lowest BCUT2D eigenvalue weighted by atomic mass is 10.1. The summed E-state index contributed by atoms with van der Waals surface area (Å²) in [6.45, 7) is 1.64. The van der Waals surface area contributed by atoms with E-state index in [-0.39, 0.29) is 17.0 Å². The van der Waals surface area contributed by atoms with Crippen LogP contribution in [0.3, 0.4) is 0 Å². The monoisotopic (exact) mass is 387 g/mol. The molecule has 0 radical (unpaired) electrons. The van der Waals surface area contributed by atoms with Crippen molar-refractivity contribution < 1.29 is 17.9 Å². The molecule has 0 atom stereocenters. The predicted molar refractivity (Wildman–Crippen MR) is 93.0 cm³/mol. The van der Waals surface area contributed by atoms with Gasteiger partial charge in [0.05, 0.1) is 17.6 Å². The maximum absolute atomic E-state index is 12.5. The van der Waals surface area contributed by atoms with E-state index in [0.29, 0.717) is 21.2 Å². The molecule has 0 bridgehead atoms. The number of halogens is 2. The average molecular weight is 388 g/mol. The normalized spacial score (nSPS) is 11.3. The van der Waals surface area contributed by atoms with Crippen LogP contribution in [-0.4, -0.2) is 21.5 Å². The Morgan fingerprint density at radius 3 is 2.50 bits per heavy atom. The van der Waals surface area contributed by atoms with Crippen LogP contribution in [0.5, 0.6) is 0 Å². The second kappa shape index (κ2) is 7.53. The lowest BCUT2D eigenvalue weighted by Gasteiger charge is -2.11. The molecule has 0 heterocycles. The highest BCUT2D eigenvalue weighted by molar-refractivity contribution is 7.89. The summed E-state index contributed by atoms with van der Waals surface area (Å²) in [7, 11) is -2.60. The standard InChI is InChI=1S/C16H15Cl2NO4S/c1-10-3-4-11(16(20)23-2)7-15(10)24(21,22)19-9-12-5-6-13(17)8-14(12)18/h3-8,19H,9H2,1-2H3. The topological polar surface area (TPSA) is 72.5 Å². The van der Waals surface area contributed by atoms with Gasteiger partial charge in [-0.2, -0.15) is 0 Å². The smallest absolute Gasteiger partial charge is 0.337 e. The molecule has 1 N–H and O–H groups in total. The fraction of sp³-hybridized carbons (Fsp3) is 0.188. The Balaban J connectivity index is 2.28. The van der Waals surface area contributed by atoms with Crippen molar-refractivity contribution in [2.45, 2.75) is 18.4 Å². The van der Waals surface area contributed by atoms with Crippen LogP contribution in [0.1, 0.15) is 21.5 Å². The quantitative estimate of drug-likeness (QED) is 0.795. The Hall–Kier alpha value is -1.60. The minimum atomic E-state index is -3.83. The molecule has 0 fully saturated rings. The molecule has 2 aromatic carbocycles. The summed E-state index contributed by atoms with van der Waals surface area (Å²) in [6.07, 6.45) is 0. The van der Waals surface area contributed by atoms with Crippen LogP contribution in [-0.2, 0) is 21.3 Å². The zero-order valence-electron chi connectivity index (χ0n) is 13.0. The van der Waals surface area contributed by atoms with Gasteiger partial charge in [0, 0.05) is 16.6 Å². The largest absolute Gasteiger partial charge is 0.465 e. The number of methoxy groups -OCH3 is 1. The van der Waals surface area contributed by atoms with Gasteiger partial charge in [-0.3, -0.25) is 0 Å². The summed E-state index contributed by atoms with van der Waals surface area (Å²) in [6, 6.07) is 9.15. The van der Waals surface area contributed by atoms with E-state index in [2.05, 4.69) is 9.46 Å². The summed E-state index contributed by atoms with van der Waals surface area (Å²) in [5.74, 6) is -0.604. The molecule has 0 aliphatic heterocycles. The number of aryl methyl sites for hydroxylation is 1. The molecule has 8 heteroatoms. The Bertz CT molecular complexity index is 882. The first-order valence-electron chi connectivity index (χ1n) is 6.87. The number of hydrogen-bond donors (Lipinski definition) is 1. The third-order valence-corrected chi connectivity index (χ3v) is 5.50. The van der Waals surface area contributed by atoms with E-state index >= 15 is 0 Å². The fourth-order valence-electron chi connectivity index (χ4n) is 2.05. The number of ether oxygens (including phenoxy) is 1. The van der Waals surface area contributed by atoms with Crippen molar-refractivity contribution in [2.24, 2.45) is 0 Å². The summed E-state index contributed by atoms with van der Waals surface area (Å²) >= 11 is 11.9. The van der Waals surface area contributed by atoms with Gasteiger partial charge in [-0.1, -0.05) is 35.3 Å². The molecule has 0 aliphatic carbocycles. The van der Waals surface area contributed by atoms with Gasteiger partial charge in [-0.15, -0.1) is 0 Å². The molecular formula is C16H15Cl2NO4S. The van der Waals surface area contributed by atoms with Crippen molar-refractivity contribution >= 4 is 39.2 Å². The van der Waals surface area contributed by atoms with Crippen molar-refractivity contribution in [3.8, 4) is 0 Å². The number of esters is 1. The van der Waals surface area contributed by atoms with Gasteiger partial charge in [-0.05, 0) is 42.3 Å².